The fraction of sp³-hybridized carbons (Fsp3) is 0.500. The average Bonchev–Trinajstić information content (AvgIpc) is 3.73. The number of rotatable bonds is 5. The third kappa shape index (κ3) is 6.96. The van der Waals surface area contributed by atoms with Gasteiger partial charge in [0, 0.05) is 6.04 Å². The standard InChI is InChI=1S/C28H27F9N2O4/c1-14(2)43-25(41)39-21-9-8-17(26(29,30)31)10-19(21)23(12-22(39)15-4-5-15)38(24(40)42-3)13-16-6-7-18(27(32,33)34)11-20(16)28(35,36)37/h6-11,14-15,22-23H,4-5,12-13H2,1-3H3/t22-,23-/m1/s1. The Labute approximate surface area is 240 Å². The van der Waals surface area contributed by atoms with Crippen molar-refractivity contribution in [3.05, 3.63) is 64.2 Å². The van der Waals surface area contributed by atoms with Gasteiger partial charge in [-0.3, -0.25) is 9.80 Å². The molecule has 15 heteroatoms. The fourth-order valence-corrected chi connectivity index (χ4v) is 5.29. The summed E-state index contributed by atoms with van der Waals surface area (Å²) in [7, 11) is 0.910. The number of carbonyl (C=O) groups excluding carboxylic acids is 2. The lowest BCUT2D eigenvalue weighted by Crippen LogP contribution is -2.50. The summed E-state index contributed by atoms with van der Waals surface area (Å²) in [6.07, 6.45) is -16.8. The molecule has 0 N–H and O–H groups in total. The van der Waals surface area contributed by atoms with Gasteiger partial charge in [-0.05, 0) is 80.5 Å². The number of amides is 2. The van der Waals surface area contributed by atoms with E-state index in [9.17, 15) is 49.1 Å². The van der Waals surface area contributed by atoms with Crippen LogP contribution in [0.25, 0.3) is 0 Å². The summed E-state index contributed by atoms with van der Waals surface area (Å²) in [6, 6.07) is 1.33. The molecule has 6 nitrogen and oxygen atoms in total. The Morgan fingerprint density at radius 1 is 0.907 bits per heavy atom. The van der Waals surface area contributed by atoms with Crippen LogP contribution in [-0.2, 0) is 34.5 Å². The number of benzene rings is 2. The molecule has 1 heterocycles. The van der Waals surface area contributed by atoms with Gasteiger partial charge in [-0.1, -0.05) is 6.07 Å². The van der Waals surface area contributed by atoms with Crippen LogP contribution in [0.4, 0.5) is 54.8 Å². The second kappa shape index (κ2) is 11.5. The van der Waals surface area contributed by atoms with Crippen LogP contribution in [0.5, 0.6) is 0 Å². The van der Waals surface area contributed by atoms with Crippen molar-refractivity contribution in [1.29, 1.82) is 0 Å². The van der Waals surface area contributed by atoms with Gasteiger partial charge < -0.3 is 9.47 Å². The van der Waals surface area contributed by atoms with Crippen molar-refractivity contribution < 1.29 is 58.6 Å². The molecule has 2 aromatic carbocycles. The van der Waals surface area contributed by atoms with Gasteiger partial charge in [0.05, 0.1) is 48.2 Å². The predicted octanol–water partition coefficient (Wildman–Crippen LogP) is 8.59. The van der Waals surface area contributed by atoms with Crippen molar-refractivity contribution in [2.45, 2.75) is 76.4 Å². The molecule has 1 aliphatic heterocycles. The second-order valence-electron chi connectivity index (χ2n) is 10.7. The van der Waals surface area contributed by atoms with Crippen LogP contribution in [0.15, 0.2) is 36.4 Å². The molecule has 0 unspecified atom stereocenters. The van der Waals surface area contributed by atoms with Crippen molar-refractivity contribution in [3.8, 4) is 0 Å². The molecule has 43 heavy (non-hydrogen) atoms. The number of alkyl halides is 9. The molecule has 0 saturated heterocycles. The first-order chi connectivity index (χ1) is 19.8. The monoisotopic (exact) mass is 626 g/mol. The summed E-state index contributed by atoms with van der Waals surface area (Å²) < 4.78 is 133. The second-order valence-corrected chi connectivity index (χ2v) is 10.7. The maximum atomic E-state index is 14.0. The van der Waals surface area contributed by atoms with Crippen LogP contribution in [0.1, 0.15) is 67.0 Å². The van der Waals surface area contributed by atoms with Crippen molar-refractivity contribution in [2.75, 3.05) is 12.0 Å². The highest BCUT2D eigenvalue weighted by atomic mass is 19.4. The molecule has 2 amide bonds. The summed E-state index contributed by atoms with van der Waals surface area (Å²) in [6.45, 7) is 2.20. The Morgan fingerprint density at radius 2 is 1.49 bits per heavy atom. The Hall–Kier alpha value is -3.65. The first-order valence-corrected chi connectivity index (χ1v) is 13.2. The summed E-state index contributed by atoms with van der Waals surface area (Å²) in [5.41, 5.74) is -5.36. The van der Waals surface area contributed by atoms with E-state index in [1.807, 2.05) is 0 Å². The number of hydrogen-bond donors (Lipinski definition) is 0. The van der Waals surface area contributed by atoms with Crippen LogP contribution in [-0.4, -0.2) is 36.3 Å². The first-order valence-electron chi connectivity index (χ1n) is 13.2. The van der Waals surface area contributed by atoms with E-state index in [0.717, 1.165) is 24.1 Å². The van der Waals surface area contributed by atoms with Gasteiger partial charge in [-0.25, -0.2) is 9.59 Å². The number of halogens is 9. The quantitative estimate of drug-likeness (QED) is 0.312. The molecule has 0 bridgehead atoms. The molecule has 0 spiro atoms. The van der Waals surface area contributed by atoms with Crippen LogP contribution >= 0.6 is 0 Å². The summed E-state index contributed by atoms with van der Waals surface area (Å²) in [4.78, 5) is 28.2. The largest absolute Gasteiger partial charge is 0.453 e. The normalized spacial score (nSPS) is 19.2. The highest BCUT2D eigenvalue weighted by molar-refractivity contribution is 5.91. The van der Waals surface area contributed by atoms with Gasteiger partial charge in [0.25, 0.3) is 0 Å². The average molecular weight is 627 g/mol. The van der Waals surface area contributed by atoms with Gasteiger partial charge in [-0.2, -0.15) is 39.5 Å². The minimum atomic E-state index is -5.26. The highest BCUT2D eigenvalue weighted by Crippen LogP contribution is 2.50. The molecule has 0 aromatic heterocycles. The van der Waals surface area contributed by atoms with Crippen molar-refractivity contribution in [1.82, 2.24) is 4.90 Å². The van der Waals surface area contributed by atoms with E-state index in [1.165, 1.54) is 4.90 Å². The number of nitrogens with zero attached hydrogens (tertiary/aromatic N) is 2. The lowest BCUT2D eigenvalue weighted by molar-refractivity contribution is -0.143. The minimum absolute atomic E-state index is 0.0378. The molecule has 4 rings (SSSR count). The van der Waals surface area contributed by atoms with E-state index in [4.69, 9.17) is 9.47 Å². The van der Waals surface area contributed by atoms with Gasteiger partial charge in [-0.15, -0.1) is 0 Å². The lowest BCUT2D eigenvalue weighted by Gasteiger charge is -2.44. The summed E-state index contributed by atoms with van der Waals surface area (Å²) >= 11 is 0. The SMILES string of the molecule is COC(=O)N(Cc1ccc(C(F)(F)F)cc1C(F)(F)F)[C@@H]1C[C@H](C2CC2)N(C(=O)OC(C)C)c2ccc(C(F)(F)F)cc21. The maximum absolute atomic E-state index is 14.0. The predicted molar refractivity (Wildman–Crippen MR) is 134 cm³/mol. The Bertz CT molecular complexity index is 1370. The number of anilines is 1. The molecule has 1 fully saturated rings. The Morgan fingerprint density at radius 3 is 2.00 bits per heavy atom. The van der Waals surface area contributed by atoms with Crippen LogP contribution in [0, 0.1) is 5.92 Å². The molecule has 236 valence electrons. The first kappa shape index (κ1) is 32.3. The van der Waals surface area contributed by atoms with Gasteiger partial charge in [0.2, 0.25) is 0 Å². The molecule has 1 saturated carbocycles. The van der Waals surface area contributed by atoms with E-state index in [2.05, 4.69) is 0 Å². The molecule has 2 atom stereocenters. The van der Waals surface area contributed by atoms with Gasteiger partial charge in [0.15, 0.2) is 0 Å². The number of ether oxygens (including phenoxy) is 2. The van der Waals surface area contributed by atoms with Crippen molar-refractivity contribution >= 4 is 17.9 Å². The van der Waals surface area contributed by atoms with E-state index in [0.29, 0.717) is 31.0 Å². The smallest absolute Gasteiger partial charge is 0.416 e. The van der Waals surface area contributed by atoms with Gasteiger partial charge >= 0.3 is 30.7 Å². The van der Waals surface area contributed by atoms with Crippen LogP contribution in [0.3, 0.4) is 0 Å². The molecule has 0 radical (unpaired) electrons. The number of methoxy groups -OCH3 is 1. The zero-order chi connectivity index (χ0) is 32.1. The molecule has 2 aromatic rings. The van der Waals surface area contributed by atoms with Crippen LogP contribution < -0.4 is 4.90 Å². The van der Waals surface area contributed by atoms with Crippen LogP contribution in [0.2, 0.25) is 0 Å². The maximum Gasteiger partial charge on any atom is 0.416 e. The minimum Gasteiger partial charge on any atom is -0.453 e. The zero-order valence-electron chi connectivity index (χ0n) is 23.0. The molecular weight excluding hydrogens is 599 g/mol. The molecule has 2 aliphatic rings. The van der Waals surface area contributed by atoms with Gasteiger partial charge in [0.1, 0.15) is 0 Å². The lowest BCUT2D eigenvalue weighted by atomic mass is 9.86. The Kier molecular flexibility index (Phi) is 8.59. The topological polar surface area (TPSA) is 59.1 Å². The Balaban J connectivity index is 1.89. The van der Waals surface area contributed by atoms with E-state index >= 15 is 0 Å². The molecule has 1 aliphatic carbocycles. The van der Waals surface area contributed by atoms with Crippen molar-refractivity contribution in [3.63, 3.8) is 0 Å². The highest BCUT2D eigenvalue weighted by Gasteiger charge is 2.48. The van der Waals surface area contributed by atoms with E-state index < -0.39 is 77.7 Å². The third-order valence-electron chi connectivity index (χ3n) is 7.34. The number of hydrogen-bond acceptors (Lipinski definition) is 4. The summed E-state index contributed by atoms with van der Waals surface area (Å²) in [5.74, 6) is -0.144. The zero-order valence-corrected chi connectivity index (χ0v) is 23.0. The number of carbonyl (C=O) groups is 2. The summed E-state index contributed by atoms with van der Waals surface area (Å²) in [5, 5.41) is 0. The molecular formula is C28H27F9N2O4. The van der Waals surface area contributed by atoms with E-state index in [-0.39, 0.29) is 29.7 Å². The van der Waals surface area contributed by atoms with E-state index in [1.54, 1.807) is 13.8 Å². The fourth-order valence-electron chi connectivity index (χ4n) is 5.29. The van der Waals surface area contributed by atoms with Crippen molar-refractivity contribution in [2.24, 2.45) is 5.92 Å². The third-order valence-corrected chi connectivity index (χ3v) is 7.34. The number of fused-ring (bicyclic) bond motifs is 1.